The Balaban J connectivity index is 2.03. The maximum Gasteiger partial charge on any atom is 0.152 e. The molecule has 0 aliphatic carbocycles. The smallest absolute Gasteiger partial charge is 0.152 e. The van der Waals surface area contributed by atoms with Gasteiger partial charge in [0.15, 0.2) is 6.29 Å². The second kappa shape index (κ2) is 4.72. The molecule has 96 valence electrons. The van der Waals surface area contributed by atoms with Crippen molar-refractivity contribution in [3.05, 3.63) is 54.0 Å². The first-order valence-corrected chi connectivity index (χ1v) is 6.36. The summed E-state index contributed by atoms with van der Waals surface area (Å²) >= 11 is 0. The number of carbonyl (C=O) groups is 1. The minimum Gasteiger partial charge on any atom is -0.342 e. The Labute approximate surface area is 111 Å². The lowest BCUT2D eigenvalue weighted by Gasteiger charge is -2.05. The summed E-state index contributed by atoms with van der Waals surface area (Å²) < 4.78 is 4.00. The Hall–Kier alpha value is -2.36. The standard InChI is InChI=1S/C15H15N3O/c1-2-18-10-12(8-16-18)9-17-7-6-13-4-3-5-14(11-19)15(13)17/h3-8,10-11H,2,9H2,1H3. The lowest BCUT2D eigenvalue weighted by Crippen LogP contribution is -1.99. The van der Waals surface area contributed by atoms with Gasteiger partial charge >= 0.3 is 0 Å². The molecule has 4 nitrogen and oxygen atoms in total. The van der Waals surface area contributed by atoms with Crippen LogP contribution in [0.3, 0.4) is 0 Å². The van der Waals surface area contributed by atoms with Gasteiger partial charge in [0, 0.05) is 35.5 Å². The summed E-state index contributed by atoms with van der Waals surface area (Å²) in [5, 5.41) is 5.36. The largest absolute Gasteiger partial charge is 0.342 e. The van der Waals surface area contributed by atoms with Crippen LogP contribution in [0.4, 0.5) is 0 Å². The lowest BCUT2D eigenvalue weighted by molar-refractivity contribution is 0.112. The number of aldehydes is 1. The van der Waals surface area contributed by atoms with Crippen molar-refractivity contribution in [1.29, 1.82) is 0 Å². The van der Waals surface area contributed by atoms with E-state index in [1.165, 1.54) is 0 Å². The van der Waals surface area contributed by atoms with Gasteiger partial charge in [-0.05, 0) is 19.1 Å². The fourth-order valence-corrected chi connectivity index (χ4v) is 2.38. The van der Waals surface area contributed by atoms with Crippen LogP contribution in [0.1, 0.15) is 22.8 Å². The average Bonchev–Trinajstić information content (AvgIpc) is 3.06. The normalized spacial score (nSPS) is 11.0. The third-order valence-corrected chi connectivity index (χ3v) is 3.31. The summed E-state index contributed by atoms with van der Waals surface area (Å²) in [5.74, 6) is 0. The molecule has 0 aliphatic heterocycles. The summed E-state index contributed by atoms with van der Waals surface area (Å²) in [7, 11) is 0. The van der Waals surface area contributed by atoms with Gasteiger partial charge in [-0.1, -0.05) is 12.1 Å². The van der Waals surface area contributed by atoms with E-state index in [0.717, 1.165) is 41.4 Å². The predicted octanol–water partition coefficient (Wildman–Crippen LogP) is 2.72. The van der Waals surface area contributed by atoms with Crippen LogP contribution in [0.5, 0.6) is 0 Å². The van der Waals surface area contributed by atoms with Gasteiger partial charge in [0.2, 0.25) is 0 Å². The molecule has 3 rings (SSSR count). The van der Waals surface area contributed by atoms with Crippen LogP contribution >= 0.6 is 0 Å². The number of aromatic nitrogens is 3. The summed E-state index contributed by atoms with van der Waals surface area (Å²) in [4.78, 5) is 11.1. The fraction of sp³-hybridized carbons (Fsp3) is 0.200. The molecule has 0 radical (unpaired) electrons. The van der Waals surface area contributed by atoms with Crippen molar-refractivity contribution in [2.75, 3.05) is 0 Å². The van der Waals surface area contributed by atoms with E-state index in [2.05, 4.69) is 16.6 Å². The first kappa shape index (κ1) is 11.7. The van der Waals surface area contributed by atoms with Gasteiger partial charge in [-0.3, -0.25) is 9.48 Å². The Kier molecular flexibility index (Phi) is 2.91. The van der Waals surface area contributed by atoms with Gasteiger partial charge in [0.1, 0.15) is 0 Å². The minimum atomic E-state index is 0.727. The highest BCUT2D eigenvalue weighted by molar-refractivity contribution is 5.96. The Morgan fingerprint density at radius 2 is 2.21 bits per heavy atom. The molecule has 0 atom stereocenters. The van der Waals surface area contributed by atoms with Gasteiger partial charge in [-0.2, -0.15) is 5.10 Å². The number of carbonyl (C=O) groups excluding carboxylic acids is 1. The molecule has 3 aromatic rings. The van der Waals surface area contributed by atoms with E-state index in [4.69, 9.17) is 0 Å². The second-order valence-electron chi connectivity index (χ2n) is 4.55. The summed E-state index contributed by atoms with van der Waals surface area (Å²) in [6, 6.07) is 7.81. The molecule has 0 saturated carbocycles. The molecule has 0 fully saturated rings. The molecule has 0 amide bonds. The number of rotatable bonds is 4. The van der Waals surface area contributed by atoms with Gasteiger partial charge in [0.25, 0.3) is 0 Å². The quantitative estimate of drug-likeness (QED) is 0.671. The van der Waals surface area contributed by atoms with Crippen LogP contribution in [0.25, 0.3) is 10.9 Å². The molecule has 19 heavy (non-hydrogen) atoms. The third-order valence-electron chi connectivity index (χ3n) is 3.31. The molecule has 0 unspecified atom stereocenters. The minimum absolute atomic E-state index is 0.727. The molecule has 0 bridgehead atoms. The molecular weight excluding hydrogens is 238 g/mol. The second-order valence-corrected chi connectivity index (χ2v) is 4.55. The molecule has 4 heteroatoms. The maximum absolute atomic E-state index is 11.1. The van der Waals surface area contributed by atoms with Crippen molar-refractivity contribution in [2.45, 2.75) is 20.0 Å². The number of benzene rings is 1. The van der Waals surface area contributed by atoms with E-state index in [-0.39, 0.29) is 0 Å². The van der Waals surface area contributed by atoms with Gasteiger partial charge in [-0.15, -0.1) is 0 Å². The van der Waals surface area contributed by atoms with E-state index in [9.17, 15) is 4.79 Å². The van der Waals surface area contributed by atoms with Crippen LogP contribution < -0.4 is 0 Å². The first-order chi connectivity index (χ1) is 9.31. The van der Waals surface area contributed by atoms with Crippen molar-refractivity contribution in [3.63, 3.8) is 0 Å². The third kappa shape index (κ3) is 2.05. The molecule has 0 saturated heterocycles. The van der Waals surface area contributed by atoms with Crippen molar-refractivity contribution >= 4 is 17.2 Å². The molecule has 1 aromatic carbocycles. The molecule has 2 aromatic heterocycles. The predicted molar refractivity (Wildman–Crippen MR) is 74.3 cm³/mol. The monoisotopic (exact) mass is 253 g/mol. The number of hydrogen-bond donors (Lipinski definition) is 0. The maximum atomic E-state index is 11.1. The zero-order valence-electron chi connectivity index (χ0n) is 10.8. The van der Waals surface area contributed by atoms with Crippen molar-refractivity contribution < 1.29 is 4.79 Å². The number of para-hydroxylation sites is 1. The van der Waals surface area contributed by atoms with Crippen LogP contribution in [0, 0.1) is 0 Å². The summed E-state index contributed by atoms with van der Waals surface area (Å²) in [6.07, 6.45) is 6.84. The number of aryl methyl sites for hydroxylation is 1. The van der Waals surface area contributed by atoms with E-state index >= 15 is 0 Å². The van der Waals surface area contributed by atoms with Crippen molar-refractivity contribution in [2.24, 2.45) is 0 Å². The van der Waals surface area contributed by atoms with Gasteiger partial charge < -0.3 is 4.57 Å². The van der Waals surface area contributed by atoms with Crippen LogP contribution in [0.2, 0.25) is 0 Å². The Bertz CT molecular complexity index is 724. The van der Waals surface area contributed by atoms with Crippen molar-refractivity contribution in [3.8, 4) is 0 Å². The van der Waals surface area contributed by atoms with Crippen LogP contribution in [-0.4, -0.2) is 20.6 Å². The lowest BCUT2D eigenvalue weighted by atomic mass is 10.1. The first-order valence-electron chi connectivity index (χ1n) is 6.36. The molecule has 0 N–H and O–H groups in total. The Morgan fingerprint density at radius 3 is 2.95 bits per heavy atom. The number of nitrogens with zero attached hydrogens (tertiary/aromatic N) is 3. The topological polar surface area (TPSA) is 39.8 Å². The average molecular weight is 253 g/mol. The van der Waals surface area contributed by atoms with E-state index in [0.29, 0.717) is 0 Å². The number of fused-ring (bicyclic) bond motifs is 1. The molecular formula is C15H15N3O. The zero-order valence-corrected chi connectivity index (χ0v) is 10.8. The van der Waals surface area contributed by atoms with E-state index in [1.807, 2.05) is 47.5 Å². The highest BCUT2D eigenvalue weighted by Crippen LogP contribution is 2.20. The highest BCUT2D eigenvalue weighted by atomic mass is 16.1. The van der Waals surface area contributed by atoms with Crippen LogP contribution in [-0.2, 0) is 13.1 Å². The van der Waals surface area contributed by atoms with Gasteiger partial charge in [-0.25, -0.2) is 0 Å². The Morgan fingerprint density at radius 1 is 1.32 bits per heavy atom. The van der Waals surface area contributed by atoms with Crippen molar-refractivity contribution in [1.82, 2.24) is 14.3 Å². The van der Waals surface area contributed by atoms with E-state index in [1.54, 1.807) is 0 Å². The summed E-state index contributed by atoms with van der Waals surface area (Å²) in [6.45, 7) is 3.66. The van der Waals surface area contributed by atoms with Gasteiger partial charge in [0.05, 0.1) is 18.3 Å². The molecule has 2 heterocycles. The SMILES string of the molecule is CCn1cc(Cn2ccc3cccc(C=O)c32)cn1. The number of hydrogen-bond acceptors (Lipinski definition) is 2. The zero-order chi connectivity index (χ0) is 13.2. The van der Waals surface area contributed by atoms with Crippen LogP contribution in [0.15, 0.2) is 42.9 Å². The fourth-order valence-electron chi connectivity index (χ4n) is 2.38. The van der Waals surface area contributed by atoms with E-state index < -0.39 is 0 Å². The highest BCUT2D eigenvalue weighted by Gasteiger charge is 2.07. The molecule has 0 aliphatic rings. The molecule has 0 spiro atoms. The summed E-state index contributed by atoms with van der Waals surface area (Å²) in [5.41, 5.74) is 2.85.